The third-order valence-electron chi connectivity index (χ3n) is 3.89. The molecule has 1 aliphatic heterocycles. The van der Waals surface area contributed by atoms with Crippen LogP contribution in [0.2, 0.25) is 0 Å². The molecule has 0 radical (unpaired) electrons. The Bertz CT molecular complexity index is 823. The molecule has 1 unspecified atom stereocenters. The van der Waals surface area contributed by atoms with Crippen LogP contribution in [0.4, 0.5) is 5.82 Å². The predicted octanol–water partition coefficient (Wildman–Crippen LogP) is 1.90. The number of fused-ring (bicyclic) bond motifs is 1. The number of anilines is 1. The van der Waals surface area contributed by atoms with Crippen molar-refractivity contribution in [2.75, 3.05) is 12.3 Å². The third kappa shape index (κ3) is 2.18. The lowest BCUT2D eigenvalue weighted by molar-refractivity contribution is 0.301. The van der Waals surface area contributed by atoms with Crippen LogP contribution in [-0.4, -0.2) is 32.1 Å². The quantitative estimate of drug-likeness (QED) is 0.800. The van der Waals surface area contributed by atoms with E-state index in [4.69, 9.17) is 5.73 Å². The maximum atomic E-state index is 5.86. The van der Waals surface area contributed by atoms with Crippen molar-refractivity contribution in [3.8, 4) is 0 Å². The van der Waals surface area contributed by atoms with E-state index in [0.717, 1.165) is 18.8 Å². The second kappa shape index (κ2) is 5.14. The van der Waals surface area contributed by atoms with Crippen molar-refractivity contribution in [3.63, 3.8) is 0 Å². The molecule has 6 heteroatoms. The van der Waals surface area contributed by atoms with E-state index in [1.807, 2.05) is 41.2 Å². The van der Waals surface area contributed by atoms with Gasteiger partial charge in [-0.25, -0.2) is 9.97 Å². The molecule has 2 N–H and O–H groups in total. The molecule has 3 heterocycles. The average Bonchev–Trinajstić information content (AvgIpc) is 3.15. The van der Waals surface area contributed by atoms with Gasteiger partial charge in [0.15, 0.2) is 11.5 Å². The van der Waals surface area contributed by atoms with E-state index in [0.29, 0.717) is 11.5 Å². The summed E-state index contributed by atoms with van der Waals surface area (Å²) in [7, 11) is 0. The maximum absolute atomic E-state index is 5.86. The molecule has 2 aromatic heterocycles. The fourth-order valence-electron chi connectivity index (χ4n) is 2.80. The highest BCUT2D eigenvalue weighted by Crippen LogP contribution is 2.23. The van der Waals surface area contributed by atoms with Gasteiger partial charge in [-0.15, -0.1) is 0 Å². The molecule has 1 atom stereocenters. The molecule has 0 spiro atoms. The normalized spacial score (nSPS) is 17.5. The van der Waals surface area contributed by atoms with E-state index in [1.165, 1.54) is 5.56 Å². The van der Waals surface area contributed by atoms with Crippen molar-refractivity contribution in [3.05, 3.63) is 60.2 Å². The van der Waals surface area contributed by atoms with Crippen LogP contribution < -0.4 is 5.73 Å². The Morgan fingerprint density at radius 1 is 1.18 bits per heavy atom. The van der Waals surface area contributed by atoms with Crippen LogP contribution in [0.5, 0.6) is 0 Å². The van der Waals surface area contributed by atoms with Crippen LogP contribution >= 0.6 is 0 Å². The molecule has 0 amide bonds. The Kier molecular flexibility index (Phi) is 3.00. The van der Waals surface area contributed by atoms with Gasteiger partial charge < -0.3 is 5.73 Å². The van der Waals surface area contributed by atoms with Crippen LogP contribution in [0.1, 0.15) is 17.2 Å². The molecule has 1 aliphatic rings. The van der Waals surface area contributed by atoms with Gasteiger partial charge in [-0.3, -0.25) is 9.41 Å². The maximum Gasteiger partial charge on any atom is 0.180 e. The van der Waals surface area contributed by atoms with E-state index in [1.54, 1.807) is 6.20 Å². The van der Waals surface area contributed by atoms with Crippen LogP contribution in [0.15, 0.2) is 54.0 Å². The first-order valence-corrected chi connectivity index (χ1v) is 7.21. The molecular formula is C16H16N6. The minimum Gasteiger partial charge on any atom is -0.381 e. The number of hydrogen-bond acceptors (Lipinski definition) is 5. The zero-order valence-corrected chi connectivity index (χ0v) is 12.0. The van der Waals surface area contributed by atoms with Gasteiger partial charge in [0.1, 0.15) is 0 Å². The molecule has 0 bridgehead atoms. The van der Waals surface area contributed by atoms with Gasteiger partial charge in [-0.2, -0.15) is 5.10 Å². The van der Waals surface area contributed by atoms with Crippen LogP contribution in [0, 0.1) is 0 Å². The number of rotatable bonds is 3. The van der Waals surface area contributed by atoms with Gasteiger partial charge in [0.25, 0.3) is 0 Å². The molecule has 110 valence electrons. The lowest BCUT2D eigenvalue weighted by Gasteiger charge is -2.16. The Morgan fingerprint density at radius 3 is 2.91 bits per heavy atom. The first-order valence-electron chi connectivity index (χ1n) is 7.21. The fourth-order valence-corrected chi connectivity index (χ4v) is 2.80. The molecular weight excluding hydrogens is 276 g/mol. The van der Waals surface area contributed by atoms with Crippen molar-refractivity contribution in [2.24, 2.45) is 5.10 Å². The summed E-state index contributed by atoms with van der Waals surface area (Å²) in [4.78, 5) is 8.44. The Morgan fingerprint density at radius 2 is 2.05 bits per heavy atom. The first kappa shape index (κ1) is 12.8. The molecule has 6 nitrogen and oxygen atoms in total. The van der Waals surface area contributed by atoms with Crippen molar-refractivity contribution in [1.29, 1.82) is 0 Å². The van der Waals surface area contributed by atoms with Crippen molar-refractivity contribution in [2.45, 2.75) is 12.5 Å². The number of benzene rings is 1. The second-order valence-electron chi connectivity index (χ2n) is 5.39. The number of hydrogen-bond donors (Lipinski definition) is 1. The molecule has 0 saturated carbocycles. The number of aromatic nitrogens is 3. The zero-order chi connectivity index (χ0) is 14.9. The highest BCUT2D eigenvalue weighted by atomic mass is 15.5. The van der Waals surface area contributed by atoms with Crippen LogP contribution in [-0.2, 0) is 6.54 Å². The summed E-state index contributed by atoms with van der Waals surface area (Å²) in [5.41, 5.74) is 8.90. The van der Waals surface area contributed by atoms with Gasteiger partial charge in [0, 0.05) is 25.2 Å². The summed E-state index contributed by atoms with van der Waals surface area (Å²) in [5, 5.41) is 6.59. The molecule has 0 saturated heterocycles. The largest absolute Gasteiger partial charge is 0.381 e. The smallest absolute Gasteiger partial charge is 0.180 e. The summed E-state index contributed by atoms with van der Waals surface area (Å²) in [6.45, 7) is 1.65. The number of imidazole rings is 1. The van der Waals surface area contributed by atoms with Gasteiger partial charge in [-0.05, 0) is 5.56 Å². The highest BCUT2D eigenvalue weighted by molar-refractivity contribution is 5.70. The summed E-state index contributed by atoms with van der Waals surface area (Å²) >= 11 is 0. The first-order chi connectivity index (χ1) is 10.8. The minimum absolute atomic E-state index is 0.209. The molecule has 0 aliphatic carbocycles. The van der Waals surface area contributed by atoms with Gasteiger partial charge in [-0.1, -0.05) is 30.3 Å². The Labute approximate surface area is 127 Å². The molecule has 3 aromatic rings. The topological polar surface area (TPSA) is 71.8 Å². The van der Waals surface area contributed by atoms with Crippen LogP contribution in [0.3, 0.4) is 0 Å². The van der Waals surface area contributed by atoms with Gasteiger partial charge in [0.2, 0.25) is 0 Å². The number of nitrogens with zero attached hydrogens (tertiary/aromatic N) is 5. The Hall–Kier alpha value is -2.89. The Balaban J connectivity index is 1.55. The van der Waals surface area contributed by atoms with Crippen molar-refractivity contribution < 1.29 is 0 Å². The highest BCUT2D eigenvalue weighted by Gasteiger charge is 2.23. The molecule has 4 rings (SSSR count). The second-order valence-corrected chi connectivity index (χ2v) is 5.39. The van der Waals surface area contributed by atoms with Crippen LogP contribution in [0.25, 0.3) is 5.65 Å². The lowest BCUT2D eigenvalue weighted by atomic mass is 10.1. The van der Waals surface area contributed by atoms with Crippen molar-refractivity contribution >= 4 is 17.7 Å². The molecule has 22 heavy (non-hydrogen) atoms. The van der Waals surface area contributed by atoms with E-state index < -0.39 is 0 Å². The third-order valence-corrected chi connectivity index (χ3v) is 3.89. The van der Waals surface area contributed by atoms with Gasteiger partial charge >= 0.3 is 0 Å². The standard InChI is InChI=1S/C16H16N6/c17-15-16-19-9-14(22(16)7-6-18-15)13-8-20-21(11-13)10-12-4-2-1-3-5-12/h1-9,13H,10-11H2,(H2,17,18). The summed E-state index contributed by atoms with van der Waals surface area (Å²) in [6, 6.07) is 10.4. The van der Waals surface area contributed by atoms with Gasteiger partial charge in [0.05, 0.1) is 24.4 Å². The van der Waals surface area contributed by atoms with E-state index in [9.17, 15) is 0 Å². The summed E-state index contributed by atoms with van der Waals surface area (Å²) < 4.78 is 1.99. The predicted molar refractivity (Wildman–Crippen MR) is 85.5 cm³/mol. The minimum atomic E-state index is 0.209. The van der Waals surface area contributed by atoms with E-state index >= 15 is 0 Å². The lowest BCUT2D eigenvalue weighted by Crippen LogP contribution is -2.18. The van der Waals surface area contributed by atoms with Crippen molar-refractivity contribution in [1.82, 2.24) is 19.4 Å². The zero-order valence-electron chi connectivity index (χ0n) is 12.0. The molecule has 0 fully saturated rings. The summed E-state index contributed by atoms with van der Waals surface area (Å²) in [6.07, 6.45) is 7.42. The molecule has 1 aromatic carbocycles. The van der Waals surface area contributed by atoms with E-state index in [-0.39, 0.29) is 5.92 Å². The summed E-state index contributed by atoms with van der Waals surface area (Å²) in [5.74, 6) is 0.658. The average molecular weight is 292 g/mol. The number of hydrazone groups is 1. The SMILES string of the molecule is Nc1nccn2c(C3C=NN(Cc4ccccc4)C3)cnc12. The fraction of sp³-hybridized carbons (Fsp3) is 0.188. The number of nitrogen functional groups attached to an aromatic ring is 1. The monoisotopic (exact) mass is 292 g/mol. The number of nitrogens with two attached hydrogens (primary N) is 1. The van der Waals surface area contributed by atoms with E-state index in [2.05, 4.69) is 32.2 Å².